The Balaban J connectivity index is 2.27. The van der Waals surface area contributed by atoms with Crippen molar-refractivity contribution in [3.63, 3.8) is 0 Å². The number of ether oxygens (including phenoxy) is 1. The smallest absolute Gasteiger partial charge is 0.151 e. The zero-order valence-corrected chi connectivity index (χ0v) is 8.67. The number of benzene rings is 2. The van der Waals surface area contributed by atoms with E-state index in [-0.39, 0.29) is 6.61 Å². The van der Waals surface area contributed by atoms with Crippen LogP contribution in [0.25, 0.3) is 10.8 Å². The summed E-state index contributed by atoms with van der Waals surface area (Å²) < 4.78 is 5.39. The molecule has 2 rings (SSSR count). The van der Waals surface area contributed by atoms with Crippen LogP contribution in [0.3, 0.4) is 0 Å². The van der Waals surface area contributed by atoms with Crippen molar-refractivity contribution in [3.8, 4) is 5.75 Å². The highest BCUT2D eigenvalue weighted by molar-refractivity contribution is 5.88. The first kappa shape index (κ1) is 10.6. The number of aliphatic hydroxyl groups is 1. The number of hydrogen-bond acceptors (Lipinski definition) is 3. The molecule has 2 aromatic rings. The van der Waals surface area contributed by atoms with Crippen LogP contribution in [0.1, 0.15) is 0 Å². The Morgan fingerprint density at radius 3 is 2.75 bits per heavy atom. The van der Waals surface area contributed by atoms with Crippen molar-refractivity contribution in [1.82, 2.24) is 0 Å². The monoisotopic (exact) mass is 216 g/mol. The highest BCUT2D eigenvalue weighted by Crippen LogP contribution is 2.24. The predicted molar refractivity (Wildman–Crippen MR) is 61.5 cm³/mol. The zero-order chi connectivity index (χ0) is 11.4. The first-order valence-electron chi connectivity index (χ1n) is 5.05. The van der Waals surface area contributed by atoms with Gasteiger partial charge in [0.1, 0.15) is 18.5 Å². The molecule has 0 spiro atoms. The maximum atomic E-state index is 10.3. The third-order valence-electron chi connectivity index (χ3n) is 2.32. The zero-order valence-electron chi connectivity index (χ0n) is 8.67. The summed E-state index contributed by atoms with van der Waals surface area (Å²) in [6, 6.07) is 13.5. The first-order valence-corrected chi connectivity index (χ1v) is 5.05. The second-order valence-electron chi connectivity index (χ2n) is 3.49. The van der Waals surface area contributed by atoms with Crippen LogP contribution in [0.2, 0.25) is 0 Å². The molecular weight excluding hydrogens is 204 g/mol. The molecule has 0 saturated heterocycles. The SMILES string of the molecule is O=C[C@H](O)COc1cccc2ccccc12. The van der Waals surface area contributed by atoms with Crippen molar-refractivity contribution in [1.29, 1.82) is 0 Å². The van der Waals surface area contributed by atoms with Gasteiger partial charge in [0, 0.05) is 5.39 Å². The number of fused-ring (bicyclic) bond motifs is 1. The minimum atomic E-state index is -1.07. The molecule has 0 fully saturated rings. The molecule has 82 valence electrons. The van der Waals surface area contributed by atoms with Gasteiger partial charge in [0.2, 0.25) is 0 Å². The van der Waals surface area contributed by atoms with Crippen molar-refractivity contribution in [3.05, 3.63) is 42.5 Å². The summed E-state index contributed by atoms with van der Waals surface area (Å²) in [5.41, 5.74) is 0. The molecule has 0 saturated carbocycles. The lowest BCUT2D eigenvalue weighted by atomic mass is 10.1. The average Bonchev–Trinajstić information content (AvgIpc) is 2.35. The molecule has 0 heterocycles. The molecule has 0 aliphatic heterocycles. The van der Waals surface area contributed by atoms with E-state index in [2.05, 4.69) is 0 Å². The van der Waals surface area contributed by atoms with E-state index in [1.807, 2.05) is 42.5 Å². The maximum Gasteiger partial charge on any atom is 0.151 e. The van der Waals surface area contributed by atoms with Crippen LogP contribution in [0.4, 0.5) is 0 Å². The van der Waals surface area contributed by atoms with E-state index < -0.39 is 6.10 Å². The maximum absolute atomic E-state index is 10.3. The van der Waals surface area contributed by atoms with Crippen LogP contribution in [0.15, 0.2) is 42.5 Å². The summed E-state index contributed by atoms with van der Waals surface area (Å²) in [4.78, 5) is 10.3. The summed E-state index contributed by atoms with van der Waals surface area (Å²) in [5.74, 6) is 0.680. The predicted octanol–water partition coefficient (Wildman–Crippen LogP) is 1.78. The molecule has 3 heteroatoms. The molecular formula is C13H12O3. The minimum Gasteiger partial charge on any atom is -0.490 e. The molecule has 0 amide bonds. The third-order valence-corrected chi connectivity index (χ3v) is 2.32. The molecule has 0 unspecified atom stereocenters. The second-order valence-corrected chi connectivity index (χ2v) is 3.49. The molecule has 0 aliphatic carbocycles. The Hall–Kier alpha value is -1.87. The van der Waals surface area contributed by atoms with E-state index in [0.29, 0.717) is 12.0 Å². The molecule has 0 aliphatic rings. The van der Waals surface area contributed by atoms with Crippen molar-refractivity contribution >= 4 is 17.1 Å². The topological polar surface area (TPSA) is 46.5 Å². The average molecular weight is 216 g/mol. The first-order chi connectivity index (χ1) is 7.81. The second kappa shape index (κ2) is 4.77. The van der Waals surface area contributed by atoms with Crippen LogP contribution >= 0.6 is 0 Å². The number of carbonyl (C=O) groups is 1. The minimum absolute atomic E-state index is 0.0164. The van der Waals surface area contributed by atoms with Crippen molar-refractivity contribution in [2.75, 3.05) is 6.61 Å². The lowest BCUT2D eigenvalue weighted by molar-refractivity contribution is -0.116. The quantitative estimate of drug-likeness (QED) is 0.792. The van der Waals surface area contributed by atoms with Crippen LogP contribution in [-0.2, 0) is 4.79 Å². The standard InChI is InChI=1S/C13H12O3/c14-8-11(15)9-16-13-7-3-5-10-4-1-2-6-12(10)13/h1-8,11,15H,9H2/t11-/m0/s1. The van der Waals surface area contributed by atoms with Crippen molar-refractivity contribution in [2.45, 2.75) is 6.10 Å². The Morgan fingerprint density at radius 1 is 1.19 bits per heavy atom. The molecule has 1 N–H and O–H groups in total. The van der Waals surface area contributed by atoms with Gasteiger partial charge in [-0.15, -0.1) is 0 Å². The molecule has 16 heavy (non-hydrogen) atoms. The van der Waals surface area contributed by atoms with Crippen molar-refractivity contribution < 1.29 is 14.6 Å². The van der Waals surface area contributed by atoms with E-state index in [1.165, 1.54) is 0 Å². The van der Waals surface area contributed by atoms with E-state index >= 15 is 0 Å². The lowest BCUT2D eigenvalue weighted by Gasteiger charge is -2.09. The van der Waals surface area contributed by atoms with E-state index in [0.717, 1.165) is 10.8 Å². The Labute approximate surface area is 93.3 Å². The molecule has 2 aromatic carbocycles. The Morgan fingerprint density at radius 2 is 1.94 bits per heavy atom. The number of rotatable bonds is 4. The van der Waals surface area contributed by atoms with Gasteiger partial charge in [-0.3, -0.25) is 0 Å². The summed E-state index contributed by atoms with van der Waals surface area (Å²) in [6.45, 7) is -0.0164. The van der Waals surface area contributed by atoms with E-state index in [4.69, 9.17) is 9.84 Å². The van der Waals surface area contributed by atoms with Crippen LogP contribution in [-0.4, -0.2) is 24.1 Å². The van der Waals surface area contributed by atoms with Gasteiger partial charge in [-0.25, -0.2) is 0 Å². The van der Waals surface area contributed by atoms with Gasteiger partial charge < -0.3 is 14.6 Å². The van der Waals surface area contributed by atoms with Crippen LogP contribution < -0.4 is 4.74 Å². The highest BCUT2D eigenvalue weighted by atomic mass is 16.5. The van der Waals surface area contributed by atoms with Gasteiger partial charge >= 0.3 is 0 Å². The van der Waals surface area contributed by atoms with E-state index in [1.54, 1.807) is 0 Å². The van der Waals surface area contributed by atoms with Crippen molar-refractivity contribution in [2.24, 2.45) is 0 Å². The van der Waals surface area contributed by atoms with E-state index in [9.17, 15) is 4.79 Å². The van der Waals surface area contributed by atoms with Gasteiger partial charge in [0.05, 0.1) is 0 Å². The fourth-order valence-electron chi connectivity index (χ4n) is 1.54. The number of aldehydes is 1. The normalized spacial score (nSPS) is 12.3. The van der Waals surface area contributed by atoms with Crippen LogP contribution in [0.5, 0.6) is 5.75 Å². The largest absolute Gasteiger partial charge is 0.490 e. The summed E-state index contributed by atoms with van der Waals surface area (Å²) in [7, 11) is 0. The Kier molecular flexibility index (Phi) is 3.17. The molecule has 0 bridgehead atoms. The molecule has 1 atom stereocenters. The molecule has 0 radical (unpaired) electrons. The van der Waals surface area contributed by atoms with Gasteiger partial charge in [-0.2, -0.15) is 0 Å². The molecule has 3 nitrogen and oxygen atoms in total. The highest BCUT2D eigenvalue weighted by Gasteiger charge is 2.05. The van der Waals surface area contributed by atoms with Gasteiger partial charge in [-0.1, -0.05) is 36.4 Å². The van der Waals surface area contributed by atoms with Gasteiger partial charge in [0.25, 0.3) is 0 Å². The molecule has 0 aromatic heterocycles. The summed E-state index contributed by atoms with van der Waals surface area (Å²) in [6.07, 6.45) is -0.607. The third kappa shape index (κ3) is 2.20. The fraction of sp³-hybridized carbons (Fsp3) is 0.154. The number of carbonyl (C=O) groups excluding carboxylic acids is 1. The number of aliphatic hydroxyl groups excluding tert-OH is 1. The Bertz CT molecular complexity index is 488. The summed E-state index contributed by atoms with van der Waals surface area (Å²) >= 11 is 0. The van der Waals surface area contributed by atoms with Crippen LogP contribution in [0, 0.1) is 0 Å². The summed E-state index contributed by atoms with van der Waals surface area (Å²) in [5, 5.41) is 11.1. The van der Waals surface area contributed by atoms with Gasteiger partial charge in [0.15, 0.2) is 6.29 Å². The lowest BCUT2D eigenvalue weighted by Crippen LogP contribution is -2.18. The van der Waals surface area contributed by atoms with Gasteiger partial charge in [-0.05, 0) is 11.5 Å². The fourth-order valence-corrected chi connectivity index (χ4v) is 1.54. The number of hydrogen-bond donors (Lipinski definition) is 1.